The van der Waals surface area contributed by atoms with Crippen molar-refractivity contribution in [2.75, 3.05) is 46.7 Å². The Hall–Kier alpha value is -2.08. The molecule has 1 rings (SSSR count). The zero-order chi connectivity index (χ0) is 16.9. The number of methoxy groups -OCH3 is 2. The number of anilines is 1. The average Bonchev–Trinajstić information content (AvgIpc) is 2.47. The summed E-state index contributed by atoms with van der Waals surface area (Å²) < 4.78 is 10.5. The molecule has 0 saturated carbocycles. The molecule has 122 valence electrons. The van der Waals surface area contributed by atoms with Gasteiger partial charge in [-0.1, -0.05) is 0 Å². The van der Waals surface area contributed by atoms with E-state index >= 15 is 0 Å². The Bertz CT molecular complexity index is 568. The number of nitrogens with one attached hydrogen (secondary N) is 1. The molecule has 1 aromatic carbocycles. The molecule has 0 bridgehead atoms. The van der Waals surface area contributed by atoms with Crippen LogP contribution < -0.4 is 10.1 Å². The SMILES string of the molecule is CC[N+](C)(C)CC(=O)Nc1c(C)cc(OC)cc1C(=O)OC. The monoisotopic (exact) mass is 309 g/mol. The number of aryl methyl sites for hydroxylation is 1. The number of quaternary nitrogens is 1. The standard InChI is InChI=1S/C16H24N2O4/c1-7-18(3,4)10-14(19)17-15-11(2)8-12(21-5)9-13(15)16(20)22-6/h8-9H,7,10H2,1-6H3/p+1. The number of hydrogen-bond acceptors (Lipinski definition) is 4. The largest absolute Gasteiger partial charge is 0.497 e. The number of carbonyl (C=O) groups excluding carboxylic acids is 2. The smallest absolute Gasteiger partial charge is 0.340 e. The molecule has 0 atom stereocenters. The van der Waals surface area contributed by atoms with Crippen LogP contribution in [-0.4, -0.2) is 57.8 Å². The van der Waals surface area contributed by atoms with Gasteiger partial charge in [0.25, 0.3) is 5.91 Å². The van der Waals surface area contributed by atoms with E-state index in [0.717, 1.165) is 12.1 Å². The minimum atomic E-state index is -0.512. The maximum atomic E-state index is 12.2. The minimum Gasteiger partial charge on any atom is -0.497 e. The summed E-state index contributed by atoms with van der Waals surface area (Å²) in [5.41, 5.74) is 1.50. The Morgan fingerprint density at radius 2 is 1.86 bits per heavy atom. The van der Waals surface area contributed by atoms with E-state index in [-0.39, 0.29) is 11.5 Å². The molecule has 6 heteroatoms. The van der Waals surface area contributed by atoms with E-state index in [2.05, 4.69) is 5.32 Å². The van der Waals surface area contributed by atoms with E-state index in [1.807, 2.05) is 27.9 Å². The van der Waals surface area contributed by atoms with Crippen molar-refractivity contribution < 1.29 is 23.5 Å². The van der Waals surface area contributed by atoms with Gasteiger partial charge in [0.05, 0.1) is 46.1 Å². The summed E-state index contributed by atoms with van der Waals surface area (Å²) in [4.78, 5) is 24.2. The van der Waals surface area contributed by atoms with Gasteiger partial charge in [0, 0.05) is 0 Å². The molecule has 0 unspecified atom stereocenters. The van der Waals surface area contributed by atoms with E-state index in [1.165, 1.54) is 14.2 Å². The first-order valence-corrected chi connectivity index (χ1v) is 7.13. The van der Waals surface area contributed by atoms with Gasteiger partial charge in [-0.2, -0.15) is 0 Å². The zero-order valence-electron chi connectivity index (χ0n) is 14.1. The highest BCUT2D eigenvalue weighted by atomic mass is 16.5. The fourth-order valence-electron chi connectivity index (χ4n) is 1.99. The summed E-state index contributed by atoms with van der Waals surface area (Å²) in [6, 6.07) is 3.33. The highest BCUT2D eigenvalue weighted by Crippen LogP contribution is 2.27. The maximum absolute atomic E-state index is 12.2. The lowest BCUT2D eigenvalue weighted by atomic mass is 10.1. The predicted octanol–water partition coefficient (Wildman–Crippen LogP) is 1.83. The van der Waals surface area contributed by atoms with E-state index < -0.39 is 5.97 Å². The summed E-state index contributed by atoms with van der Waals surface area (Å²) in [7, 11) is 6.78. The van der Waals surface area contributed by atoms with Crippen molar-refractivity contribution in [1.82, 2.24) is 0 Å². The van der Waals surface area contributed by atoms with Crippen LogP contribution in [0, 0.1) is 6.92 Å². The van der Waals surface area contributed by atoms with Crippen LogP contribution in [0.2, 0.25) is 0 Å². The number of esters is 1. The molecule has 6 nitrogen and oxygen atoms in total. The van der Waals surface area contributed by atoms with Crippen molar-refractivity contribution in [2.45, 2.75) is 13.8 Å². The molecule has 0 aliphatic carbocycles. The van der Waals surface area contributed by atoms with Gasteiger partial charge in [0.15, 0.2) is 6.54 Å². The third kappa shape index (κ3) is 4.46. The van der Waals surface area contributed by atoms with Crippen LogP contribution in [0.4, 0.5) is 5.69 Å². The number of amides is 1. The first-order chi connectivity index (χ1) is 10.2. The number of likely N-dealkylation sites (N-methyl/N-ethyl adjacent to an activating group) is 1. The zero-order valence-corrected chi connectivity index (χ0v) is 14.1. The summed E-state index contributed by atoms with van der Waals surface area (Å²) in [6.45, 7) is 4.98. The van der Waals surface area contributed by atoms with Crippen LogP contribution in [0.25, 0.3) is 0 Å². The second-order valence-corrected chi connectivity index (χ2v) is 5.82. The van der Waals surface area contributed by atoms with Crippen molar-refractivity contribution >= 4 is 17.6 Å². The minimum absolute atomic E-state index is 0.148. The lowest BCUT2D eigenvalue weighted by molar-refractivity contribution is -0.880. The predicted molar refractivity (Wildman–Crippen MR) is 85.2 cm³/mol. The summed E-state index contributed by atoms with van der Waals surface area (Å²) >= 11 is 0. The van der Waals surface area contributed by atoms with Gasteiger partial charge in [0.1, 0.15) is 5.75 Å². The van der Waals surface area contributed by atoms with E-state index in [4.69, 9.17) is 9.47 Å². The van der Waals surface area contributed by atoms with Gasteiger partial charge >= 0.3 is 5.97 Å². The fraction of sp³-hybridized carbons (Fsp3) is 0.500. The number of ether oxygens (including phenoxy) is 2. The number of rotatable bonds is 6. The van der Waals surface area contributed by atoms with Crippen LogP contribution in [0.3, 0.4) is 0 Å². The van der Waals surface area contributed by atoms with Gasteiger partial charge in [-0.15, -0.1) is 0 Å². The summed E-state index contributed by atoms with van der Waals surface area (Å²) in [6.07, 6.45) is 0. The normalized spacial score (nSPS) is 11.0. The molecule has 0 fully saturated rings. The number of benzene rings is 1. The molecule has 0 spiro atoms. The van der Waals surface area contributed by atoms with E-state index in [9.17, 15) is 9.59 Å². The molecule has 0 heterocycles. The molecule has 0 aliphatic heterocycles. The quantitative estimate of drug-likeness (QED) is 0.643. The molecule has 22 heavy (non-hydrogen) atoms. The lowest BCUT2D eigenvalue weighted by Crippen LogP contribution is -2.45. The second kappa shape index (κ2) is 7.26. The second-order valence-electron chi connectivity index (χ2n) is 5.82. The maximum Gasteiger partial charge on any atom is 0.340 e. The lowest BCUT2D eigenvalue weighted by Gasteiger charge is -2.27. The number of carbonyl (C=O) groups is 2. The Morgan fingerprint density at radius 1 is 1.23 bits per heavy atom. The van der Waals surface area contributed by atoms with Crippen molar-refractivity contribution in [1.29, 1.82) is 0 Å². The third-order valence-electron chi connectivity index (χ3n) is 3.64. The number of nitrogens with zero attached hydrogens (tertiary/aromatic N) is 1. The Balaban J connectivity index is 3.12. The molecular formula is C16H25N2O4+. The van der Waals surface area contributed by atoms with Crippen LogP contribution in [-0.2, 0) is 9.53 Å². The average molecular weight is 309 g/mol. The van der Waals surface area contributed by atoms with Gasteiger partial charge < -0.3 is 19.3 Å². The van der Waals surface area contributed by atoms with Crippen LogP contribution in [0.1, 0.15) is 22.8 Å². The summed E-state index contributed by atoms with van der Waals surface area (Å²) in [5.74, 6) is -0.118. The van der Waals surface area contributed by atoms with Crippen molar-refractivity contribution in [3.8, 4) is 5.75 Å². The van der Waals surface area contributed by atoms with Gasteiger partial charge in [-0.3, -0.25) is 4.79 Å². The molecule has 1 amide bonds. The topological polar surface area (TPSA) is 64.6 Å². The molecule has 0 aliphatic rings. The van der Waals surface area contributed by atoms with Crippen molar-refractivity contribution in [3.63, 3.8) is 0 Å². The Morgan fingerprint density at radius 3 is 2.36 bits per heavy atom. The summed E-state index contributed by atoms with van der Waals surface area (Å²) in [5, 5.41) is 2.82. The van der Waals surface area contributed by atoms with Gasteiger partial charge in [-0.25, -0.2) is 4.79 Å². The molecule has 0 aromatic heterocycles. The van der Waals surface area contributed by atoms with Crippen LogP contribution >= 0.6 is 0 Å². The van der Waals surface area contributed by atoms with Crippen LogP contribution in [0.15, 0.2) is 12.1 Å². The first kappa shape index (κ1) is 18.0. The molecular weight excluding hydrogens is 284 g/mol. The molecule has 1 aromatic rings. The first-order valence-electron chi connectivity index (χ1n) is 7.13. The highest BCUT2D eigenvalue weighted by molar-refractivity contribution is 6.02. The van der Waals surface area contributed by atoms with Gasteiger partial charge in [-0.05, 0) is 31.5 Å². The Labute approximate surface area is 131 Å². The Kier molecular flexibility index (Phi) is 5.93. The molecule has 0 saturated heterocycles. The van der Waals surface area contributed by atoms with Crippen LogP contribution in [0.5, 0.6) is 5.75 Å². The van der Waals surface area contributed by atoms with Gasteiger partial charge in [0.2, 0.25) is 0 Å². The van der Waals surface area contributed by atoms with E-state index in [0.29, 0.717) is 22.5 Å². The van der Waals surface area contributed by atoms with Crippen molar-refractivity contribution in [2.24, 2.45) is 0 Å². The molecule has 1 N–H and O–H groups in total. The number of hydrogen-bond donors (Lipinski definition) is 1. The highest BCUT2D eigenvalue weighted by Gasteiger charge is 2.22. The molecule has 0 radical (unpaired) electrons. The third-order valence-corrected chi connectivity index (χ3v) is 3.64. The fourth-order valence-corrected chi connectivity index (χ4v) is 1.99. The van der Waals surface area contributed by atoms with E-state index in [1.54, 1.807) is 12.1 Å². The van der Waals surface area contributed by atoms with Crippen molar-refractivity contribution in [3.05, 3.63) is 23.3 Å².